The monoisotopic (exact) mass is 480 g/mol. The maximum atomic E-state index is 12.4. The molecule has 1 rings (SSSR count). The maximum absolute atomic E-state index is 12.4. The van der Waals surface area contributed by atoms with Crippen molar-refractivity contribution in [1.29, 1.82) is 0 Å². The Labute approximate surface area is 191 Å². The fourth-order valence-electron chi connectivity index (χ4n) is 3.72. The predicted molar refractivity (Wildman–Crippen MR) is 119 cm³/mol. The minimum Gasteiger partial charge on any atom is -0.449 e. The van der Waals surface area contributed by atoms with Gasteiger partial charge in [-0.2, -0.15) is 0 Å². The number of hydrogen-bond donors (Lipinski definition) is 3. The Bertz CT molecular complexity index is 598. The number of carbonyl (C=O) groups is 2. The van der Waals surface area contributed by atoms with E-state index in [0.29, 0.717) is 0 Å². The number of Topliss-reactive ketones (excluding diaryl/α,β-unsaturated/α-hetero) is 1. The normalized spacial score (nSPS) is 22.5. The molecule has 0 saturated carbocycles. The molecular formula is C22H41O9P. The molecule has 0 aliphatic carbocycles. The summed E-state index contributed by atoms with van der Waals surface area (Å²) in [5, 5.41) is 18.5. The van der Waals surface area contributed by atoms with E-state index in [9.17, 15) is 24.2 Å². The van der Waals surface area contributed by atoms with Gasteiger partial charge in [0, 0.05) is 0 Å². The molecular weight excluding hydrogens is 439 g/mol. The molecule has 1 aliphatic rings. The summed E-state index contributed by atoms with van der Waals surface area (Å²) in [4.78, 5) is 34.0. The van der Waals surface area contributed by atoms with Crippen LogP contribution in [0, 0.1) is 5.92 Å². The number of phosphoric ester groups is 1. The summed E-state index contributed by atoms with van der Waals surface area (Å²) in [6.07, 6.45) is 7.90. The summed E-state index contributed by atoms with van der Waals surface area (Å²) in [7, 11) is -4.70. The molecule has 9 nitrogen and oxygen atoms in total. The van der Waals surface area contributed by atoms with Gasteiger partial charge in [0.05, 0.1) is 13.2 Å². The predicted octanol–water partition coefficient (Wildman–Crippen LogP) is 3.67. The molecule has 0 aromatic rings. The molecule has 0 aromatic carbocycles. The SMILES string of the molecule is CCCCCCCCCC(CCCCC)COP(=O)(O)OC1C(=O)O[C@H](C(O)CO)C1=O. The van der Waals surface area contributed by atoms with Crippen molar-refractivity contribution in [1.82, 2.24) is 0 Å². The quantitative estimate of drug-likeness (QED) is 0.109. The van der Waals surface area contributed by atoms with E-state index in [1.165, 1.54) is 32.1 Å². The lowest BCUT2D eigenvalue weighted by Crippen LogP contribution is -2.37. The highest BCUT2D eigenvalue weighted by Crippen LogP contribution is 2.46. The Morgan fingerprint density at radius 2 is 1.50 bits per heavy atom. The summed E-state index contributed by atoms with van der Waals surface area (Å²) >= 11 is 0. The van der Waals surface area contributed by atoms with Gasteiger partial charge in [0.2, 0.25) is 11.9 Å². The lowest BCUT2D eigenvalue weighted by molar-refractivity contribution is -0.151. The maximum Gasteiger partial charge on any atom is 0.473 e. The number of cyclic esters (lactones) is 1. The summed E-state index contributed by atoms with van der Waals surface area (Å²) in [6.45, 7) is 3.48. The molecule has 188 valence electrons. The van der Waals surface area contributed by atoms with E-state index >= 15 is 0 Å². The van der Waals surface area contributed by atoms with Crippen molar-refractivity contribution in [3.8, 4) is 0 Å². The van der Waals surface area contributed by atoms with Gasteiger partial charge in [0.25, 0.3) is 0 Å². The van der Waals surface area contributed by atoms with E-state index in [4.69, 9.17) is 14.2 Å². The van der Waals surface area contributed by atoms with Gasteiger partial charge >= 0.3 is 13.8 Å². The molecule has 32 heavy (non-hydrogen) atoms. The molecule has 1 fully saturated rings. The third-order valence-electron chi connectivity index (χ3n) is 5.68. The van der Waals surface area contributed by atoms with E-state index in [1.807, 2.05) is 0 Å². The van der Waals surface area contributed by atoms with Crippen LogP contribution in [0.15, 0.2) is 0 Å². The van der Waals surface area contributed by atoms with E-state index in [0.717, 1.165) is 44.9 Å². The number of phosphoric acid groups is 1. The van der Waals surface area contributed by atoms with Crippen LogP contribution < -0.4 is 0 Å². The standard InChI is InChI=1S/C22H41O9P/c1-3-5-7-8-9-10-12-14-17(13-11-6-4-2)16-29-32(27,28)31-21-19(25)20(18(24)15-23)30-22(21)26/h17-18,20-21,23-24H,3-16H2,1-2H3,(H,27,28)/t17?,18?,20-,21?/m1/s1. The largest absolute Gasteiger partial charge is 0.473 e. The summed E-state index contributed by atoms with van der Waals surface area (Å²) < 4.78 is 26.9. The third kappa shape index (κ3) is 10.9. The number of unbranched alkanes of at least 4 members (excludes halogenated alkanes) is 8. The van der Waals surface area contributed by atoms with E-state index in [-0.39, 0.29) is 12.5 Å². The van der Waals surface area contributed by atoms with Gasteiger partial charge in [-0.25, -0.2) is 9.36 Å². The van der Waals surface area contributed by atoms with Crippen molar-refractivity contribution in [2.75, 3.05) is 13.2 Å². The number of aliphatic hydroxyl groups is 2. The summed E-state index contributed by atoms with van der Waals surface area (Å²) in [6, 6.07) is 0. The Balaban J connectivity index is 2.52. The van der Waals surface area contributed by atoms with Crippen LogP contribution in [0.4, 0.5) is 0 Å². The molecule has 5 atom stereocenters. The second kappa shape index (κ2) is 15.9. The molecule has 10 heteroatoms. The molecule has 0 amide bonds. The average Bonchev–Trinajstić information content (AvgIpc) is 3.03. The van der Waals surface area contributed by atoms with Gasteiger partial charge in [-0.3, -0.25) is 13.8 Å². The number of ketones is 1. The Morgan fingerprint density at radius 1 is 0.969 bits per heavy atom. The minimum absolute atomic E-state index is 0.00796. The summed E-state index contributed by atoms with van der Waals surface area (Å²) in [5.74, 6) is -2.12. The van der Waals surface area contributed by atoms with E-state index < -0.39 is 44.5 Å². The van der Waals surface area contributed by atoms with Crippen molar-refractivity contribution in [3.63, 3.8) is 0 Å². The first-order valence-corrected chi connectivity index (χ1v) is 13.4. The molecule has 1 heterocycles. The van der Waals surface area contributed by atoms with Crippen LogP contribution in [0.5, 0.6) is 0 Å². The molecule has 0 radical (unpaired) electrons. The number of aliphatic hydroxyl groups excluding tert-OH is 2. The number of rotatable bonds is 19. The highest BCUT2D eigenvalue weighted by atomic mass is 31.2. The summed E-state index contributed by atoms with van der Waals surface area (Å²) in [5.41, 5.74) is 0. The van der Waals surface area contributed by atoms with Gasteiger partial charge in [-0.05, 0) is 18.8 Å². The zero-order valence-corrected chi connectivity index (χ0v) is 20.3. The molecule has 0 bridgehead atoms. The molecule has 1 aliphatic heterocycles. The van der Waals surface area contributed by atoms with E-state index in [1.54, 1.807) is 0 Å². The fourth-order valence-corrected chi connectivity index (χ4v) is 4.63. The molecule has 1 saturated heterocycles. The smallest absolute Gasteiger partial charge is 0.449 e. The zero-order chi connectivity index (χ0) is 24.0. The first-order chi connectivity index (χ1) is 15.3. The molecule has 4 unspecified atom stereocenters. The van der Waals surface area contributed by atoms with Crippen LogP contribution in [0.1, 0.15) is 90.9 Å². The van der Waals surface area contributed by atoms with Gasteiger partial charge < -0.3 is 19.8 Å². The number of hydrogen-bond acceptors (Lipinski definition) is 8. The second-order valence-electron chi connectivity index (χ2n) is 8.53. The van der Waals surface area contributed by atoms with Crippen molar-refractivity contribution >= 4 is 19.6 Å². The van der Waals surface area contributed by atoms with Crippen LogP contribution in [-0.4, -0.2) is 58.4 Å². The van der Waals surface area contributed by atoms with Crippen LogP contribution in [0.3, 0.4) is 0 Å². The van der Waals surface area contributed by atoms with Gasteiger partial charge in [0.1, 0.15) is 6.10 Å². The third-order valence-corrected chi connectivity index (χ3v) is 6.63. The zero-order valence-electron chi connectivity index (χ0n) is 19.4. The highest BCUT2D eigenvalue weighted by molar-refractivity contribution is 7.47. The Hall–Kier alpha value is -0.830. The number of esters is 1. The van der Waals surface area contributed by atoms with Gasteiger partial charge in [-0.15, -0.1) is 0 Å². The van der Waals surface area contributed by atoms with Crippen molar-refractivity contribution in [2.45, 2.75) is 109 Å². The number of ether oxygens (including phenoxy) is 1. The van der Waals surface area contributed by atoms with Crippen LogP contribution in [-0.2, 0) is 27.9 Å². The average molecular weight is 481 g/mol. The molecule has 0 aromatic heterocycles. The number of carbonyl (C=O) groups excluding carboxylic acids is 2. The van der Waals surface area contributed by atoms with Crippen molar-refractivity contribution < 1.29 is 43.0 Å². The minimum atomic E-state index is -4.70. The first kappa shape index (κ1) is 29.2. The highest BCUT2D eigenvalue weighted by Gasteiger charge is 2.50. The van der Waals surface area contributed by atoms with Crippen LogP contribution in [0.2, 0.25) is 0 Å². The van der Waals surface area contributed by atoms with Crippen molar-refractivity contribution in [2.24, 2.45) is 5.92 Å². The van der Waals surface area contributed by atoms with Crippen LogP contribution >= 0.6 is 7.82 Å². The Morgan fingerprint density at radius 3 is 2.09 bits per heavy atom. The topological polar surface area (TPSA) is 140 Å². The molecule has 0 spiro atoms. The lowest BCUT2D eigenvalue weighted by Gasteiger charge is -2.20. The van der Waals surface area contributed by atoms with Crippen molar-refractivity contribution in [3.05, 3.63) is 0 Å². The van der Waals surface area contributed by atoms with Crippen LogP contribution in [0.25, 0.3) is 0 Å². The lowest BCUT2D eigenvalue weighted by atomic mass is 9.95. The van der Waals surface area contributed by atoms with Gasteiger partial charge in [-0.1, -0.05) is 78.1 Å². The second-order valence-corrected chi connectivity index (χ2v) is 9.94. The Kier molecular flexibility index (Phi) is 14.5. The molecule has 3 N–H and O–H groups in total. The van der Waals surface area contributed by atoms with E-state index in [2.05, 4.69) is 18.6 Å². The van der Waals surface area contributed by atoms with Gasteiger partial charge in [0.15, 0.2) is 6.10 Å². The fraction of sp³-hybridized carbons (Fsp3) is 0.909. The first-order valence-electron chi connectivity index (χ1n) is 11.9.